The molecule has 0 saturated carbocycles. The first-order valence-electron chi connectivity index (χ1n) is 5.55. The van der Waals surface area contributed by atoms with Gasteiger partial charge >= 0.3 is 0 Å². The van der Waals surface area contributed by atoms with E-state index in [0.29, 0.717) is 0 Å². The smallest absolute Gasteiger partial charge is 0.174 e. The van der Waals surface area contributed by atoms with Crippen molar-refractivity contribution in [3.8, 4) is 0 Å². The Hall–Kier alpha value is -0.910. The number of rotatable bonds is 4. The summed E-state index contributed by atoms with van der Waals surface area (Å²) in [6.45, 7) is 4.06. The van der Waals surface area contributed by atoms with Crippen LogP contribution in [0.1, 0.15) is 31.3 Å². The fourth-order valence-corrected chi connectivity index (χ4v) is 3.35. The second-order valence-corrected chi connectivity index (χ2v) is 5.80. The third-order valence-corrected chi connectivity index (χ3v) is 4.25. The van der Waals surface area contributed by atoms with Crippen LogP contribution in [-0.4, -0.2) is 9.36 Å². The summed E-state index contributed by atoms with van der Waals surface area (Å²) in [5.41, 5.74) is 7.11. The van der Waals surface area contributed by atoms with Crippen LogP contribution in [0.5, 0.6) is 0 Å². The number of hydrogen-bond donors (Lipinski definition) is 1. The summed E-state index contributed by atoms with van der Waals surface area (Å²) in [6.07, 6.45) is 0.881. The van der Waals surface area contributed by atoms with Gasteiger partial charge in [0.1, 0.15) is 5.82 Å². The fraction of sp³-hybridized carbons (Fsp3) is 0.333. The third kappa shape index (κ3) is 3.06. The Kier molecular flexibility index (Phi) is 4.15. The van der Waals surface area contributed by atoms with Gasteiger partial charge in [-0.25, -0.2) is 4.98 Å². The van der Waals surface area contributed by atoms with Crippen molar-refractivity contribution in [1.29, 1.82) is 0 Å². The molecule has 1 aromatic heterocycles. The zero-order chi connectivity index (χ0) is 12.3. The van der Waals surface area contributed by atoms with Crippen LogP contribution in [0.25, 0.3) is 0 Å². The summed E-state index contributed by atoms with van der Waals surface area (Å²) in [7, 11) is 0. The predicted molar refractivity (Wildman–Crippen MR) is 72.5 cm³/mol. The molecular formula is C12H15N3S2. The van der Waals surface area contributed by atoms with E-state index in [4.69, 9.17) is 5.73 Å². The van der Waals surface area contributed by atoms with E-state index in [0.717, 1.165) is 22.1 Å². The largest absolute Gasteiger partial charge is 0.324 e. The molecule has 0 aliphatic rings. The van der Waals surface area contributed by atoms with Gasteiger partial charge in [-0.2, -0.15) is 4.37 Å². The topological polar surface area (TPSA) is 51.8 Å². The van der Waals surface area contributed by atoms with Crippen LogP contribution in [0, 0.1) is 0 Å². The summed E-state index contributed by atoms with van der Waals surface area (Å²) >= 11 is 3.09. The van der Waals surface area contributed by atoms with Gasteiger partial charge in [-0.15, -0.1) is 0 Å². The van der Waals surface area contributed by atoms with Crippen LogP contribution in [0.4, 0.5) is 0 Å². The van der Waals surface area contributed by atoms with E-state index < -0.39 is 0 Å². The Morgan fingerprint density at radius 2 is 2.18 bits per heavy atom. The van der Waals surface area contributed by atoms with Crippen LogP contribution >= 0.6 is 23.3 Å². The lowest BCUT2D eigenvalue weighted by Crippen LogP contribution is -2.05. The second kappa shape index (κ2) is 5.62. The average Bonchev–Trinajstić information content (AvgIpc) is 2.77. The number of aromatic nitrogens is 2. The summed E-state index contributed by atoms with van der Waals surface area (Å²) in [5.74, 6) is 0.913. The van der Waals surface area contributed by atoms with Crippen molar-refractivity contribution in [2.24, 2.45) is 5.73 Å². The van der Waals surface area contributed by atoms with Gasteiger partial charge in [0.25, 0.3) is 0 Å². The number of nitrogens with zero attached hydrogens (tertiary/aromatic N) is 2. The monoisotopic (exact) mass is 265 g/mol. The van der Waals surface area contributed by atoms with E-state index in [9.17, 15) is 0 Å². The molecule has 0 aliphatic carbocycles. The number of benzene rings is 1. The van der Waals surface area contributed by atoms with Crippen LogP contribution in [0.3, 0.4) is 0 Å². The maximum atomic E-state index is 5.95. The van der Waals surface area contributed by atoms with Crippen LogP contribution < -0.4 is 5.73 Å². The lowest BCUT2D eigenvalue weighted by Gasteiger charge is -2.10. The molecular weight excluding hydrogens is 250 g/mol. The van der Waals surface area contributed by atoms with Gasteiger partial charge in [-0.05, 0) is 30.1 Å². The van der Waals surface area contributed by atoms with E-state index in [-0.39, 0.29) is 6.04 Å². The van der Waals surface area contributed by atoms with Crippen molar-refractivity contribution in [1.82, 2.24) is 9.36 Å². The van der Waals surface area contributed by atoms with Gasteiger partial charge in [-0.3, -0.25) is 0 Å². The Bertz CT molecular complexity index is 494. The average molecular weight is 265 g/mol. The highest BCUT2D eigenvalue weighted by atomic mass is 32.2. The molecule has 2 rings (SSSR count). The molecule has 0 radical (unpaired) electrons. The zero-order valence-corrected chi connectivity index (χ0v) is 11.5. The maximum Gasteiger partial charge on any atom is 0.174 e. The first-order valence-corrected chi connectivity index (χ1v) is 7.14. The number of nitrogens with two attached hydrogens (primary N) is 1. The minimum absolute atomic E-state index is 0.0391. The third-order valence-electron chi connectivity index (χ3n) is 2.37. The van der Waals surface area contributed by atoms with Crippen LogP contribution in [0.15, 0.2) is 33.5 Å². The van der Waals surface area contributed by atoms with Gasteiger partial charge in [0, 0.05) is 17.4 Å². The molecule has 17 heavy (non-hydrogen) atoms. The number of aryl methyl sites for hydroxylation is 1. The molecule has 1 unspecified atom stereocenters. The molecule has 0 fully saturated rings. The van der Waals surface area contributed by atoms with E-state index >= 15 is 0 Å². The molecule has 0 spiro atoms. The molecule has 0 amide bonds. The number of hydrogen-bond acceptors (Lipinski definition) is 5. The summed E-state index contributed by atoms with van der Waals surface area (Å²) < 4.78 is 5.27. The zero-order valence-electron chi connectivity index (χ0n) is 9.88. The van der Waals surface area contributed by atoms with Crippen molar-refractivity contribution >= 4 is 23.3 Å². The van der Waals surface area contributed by atoms with Crippen molar-refractivity contribution in [3.63, 3.8) is 0 Å². The molecule has 1 heterocycles. The van der Waals surface area contributed by atoms with E-state index in [2.05, 4.69) is 28.4 Å². The predicted octanol–water partition coefficient (Wildman–Crippen LogP) is 3.27. The molecule has 2 aromatic rings. The minimum Gasteiger partial charge on any atom is -0.324 e. The minimum atomic E-state index is 0.0391. The first-order chi connectivity index (χ1) is 8.20. The Labute approximate surface area is 110 Å². The molecule has 1 aromatic carbocycles. The van der Waals surface area contributed by atoms with E-state index in [1.807, 2.05) is 19.1 Å². The summed E-state index contributed by atoms with van der Waals surface area (Å²) in [5, 5.41) is 0. The summed E-state index contributed by atoms with van der Waals surface area (Å²) in [6, 6.07) is 8.22. The van der Waals surface area contributed by atoms with E-state index in [1.54, 1.807) is 11.8 Å². The second-order valence-electron chi connectivity index (χ2n) is 3.76. The van der Waals surface area contributed by atoms with Gasteiger partial charge in [0.2, 0.25) is 0 Å². The molecule has 0 aliphatic heterocycles. The van der Waals surface area contributed by atoms with Gasteiger partial charge in [0.15, 0.2) is 4.34 Å². The molecule has 5 heteroatoms. The molecule has 1 atom stereocenters. The van der Waals surface area contributed by atoms with Gasteiger partial charge in [0.05, 0.1) is 0 Å². The highest BCUT2D eigenvalue weighted by Crippen LogP contribution is 2.33. The fourth-order valence-electron chi connectivity index (χ4n) is 1.47. The highest BCUT2D eigenvalue weighted by Gasteiger charge is 2.10. The molecule has 2 N–H and O–H groups in total. The SMILES string of the molecule is CCc1nsc(Sc2ccccc2C(C)N)n1. The van der Waals surface area contributed by atoms with Crippen LogP contribution in [0.2, 0.25) is 0 Å². The summed E-state index contributed by atoms with van der Waals surface area (Å²) in [4.78, 5) is 5.62. The molecule has 90 valence electrons. The maximum absolute atomic E-state index is 5.95. The van der Waals surface area contributed by atoms with Crippen molar-refractivity contribution in [3.05, 3.63) is 35.7 Å². The van der Waals surface area contributed by atoms with Crippen molar-refractivity contribution < 1.29 is 0 Å². The first kappa shape index (κ1) is 12.5. The highest BCUT2D eigenvalue weighted by molar-refractivity contribution is 8.01. The van der Waals surface area contributed by atoms with Crippen LogP contribution in [-0.2, 0) is 6.42 Å². The molecule has 0 saturated heterocycles. The lowest BCUT2D eigenvalue weighted by atomic mass is 10.1. The van der Waals surface area contributed by atoms with Gasteiger partial charge < -0.3 is 5.73 Å². The van der Waals surface area contributed by atoms with Crippen molar-refractivity contribution in [2.75, 3.05) is 0 Å². The standard InChI is InChI=1S/C12H15N3S2/c1-3-11-14-12(17-15-11)16-10-7-5-4-6-9(10)8(2)13/h4-8H,3,13H2,1-2H3. The molecule has 3 nitrogen and oxygen atoms in total. The quantitative estimate of drug-likeness (QED) is 0.921. The Morgan fingerprint density at radius 3 is 2.82 bits per heavy atom. The van der Waals surface area contributed by atoms with Gasteiger partial charge in [-0.1, -0.05) is 36.9 Å². The van der Waals surface area contributed by atoms with E-state index in [1.165, 1.54) is 16.4 Å². The Morgan fingerprint density at radius 1 is 1.41 bits per heavy atom. The normalized spacial score (nSPS) is 12.6. The lowest BCUT2D eigenvalue weighted by molar-refractivity contribution is 0.797. The molecule has 0 bridgehead atoms. The Balaban J connectivity index is 2.23. The van der Waals surface area contributed by atoms with Crippen molar-refractivity contribution in [2.45, 2.75) is 35.5 Å².